The molecule has 5 heteroatoms. The monoisotopic (exact) mass is 291 g/mol. The molecule has 0 bridgehead atoms. The van der Waals surface area contributed by atoms with E-state index in [2.05, 4.69) is 24.1 Å². The lowest BCUT2D eigenvalue weighted by Crippen LogP contribution is -2.46. The molecule has 0 radical (unpaired) electrons. The SMILES string of the molecule is COc1ccc(N)cc1NC(=O)CN1CCCC(C)C1C. The van der Waals surface area contributed by atoms with E-state index in [0.717, 1.165) is 13.0 Å². The molecule has 2 unspecified atom stereocenters. The van der Waals surface area contributed by atoms with Crippen molar-refractivity contribution in [1.29, 1.82) is 0 Å². The van der Waals surface area contributed by atoms with Gasteiger partial charge in [0.2, 0.25) is 5.91 Å². The first kappa shape index (κ1) is 15.6. The molecule has 0 spiro atoms. The number of rotatable bonds is 4. The zero-order chi connectivity index (χ0) is 15.4. The minimum absolute atomic E-state index is 0.0279. The van der Waals surface area contributed by atoms with Crippen LogP contribution in [0, 0.1) is 5.92 Å². The standard InChI is InChI=1S/C16H25N3O2/c1-11-5-4-8-19(12(11)2)10-16(20)18-14-9-13(17)6-7-15(14)21-3/h6-7,9,11-12H,4-5,8,10,17H2,1-3H3,(H,18,20). The molecule has 0 aromatic heterocycles. The van der Waals surface area contributed by atoms with Gasteiger partial charge in [0.15, 0.2) is 0 Å². The van der Waals surface area contributed by atoms with Gasteiger partial charge in [-0.05, 0) is 50.4 Å². The third-order valence-electron chi connectivity index (χ3n) is 4.35. The van der Waals surface area contributed by atoms with Crippen molar-refractivity contribution in [2.75, 3.05) is 31.2 Å². The first-order valence-electron chi connectivity index (χ1n) is 7.48. The van der Waals surface area contributed by atoms with Crippen molar-refractivity contribution in [1.82, 2.24) is 4.90 Å². The van der Waals surface area contributed by atoms with Crippen LogP contribution in [0.5, 0.6) is 5.75 Å². The number of carbonyl (C=O) groups excluding carboxylic acids is 1. The number of carbonyl (C=O) groups is 1. The Morgan fingerprint density at radius 2 is 2.24 bits per heavy atom. The number of benzene rings is 1. The van der Waals surface area contributed by atoms with Crippen LogP contribution >= 0.6 is 0 Å². The third-order valence-corrected chi connectivity index (χ3v) is 4.35. The lowest BCUT2D eigenvalue weighted by molar-refractivity contribution is -0.118. The van der Waals surface area contributed by atoms with Gasteiger partial charge in [0.25, 0.3) is 0 Å². The normalized spacial score (nSPS) is 22.8. The number of anilines is 2. The Hall–Kier alpha value is -1.75. The second-order valence-electron chi connectivity index (χ2n) is 5.84. The zero-order valence-corrected chi connectivity index (χ0v) is 13.1. The van der Waals surface area contributed by atoms with Crippen LogP contribution in [-0.4, -0.2) is 37.0 Å². The van der Waals surface area contributed by atoms with Gasteiger partial charge in [-0.15, -0.1) is 0 Å². The summed E-state index contributed by atoms with van der Waals surface area (Å²) in [6, 6.07) is 5.67. The number of nitrogens with zero attached hydrogens (tertiary/aromatic N) is 1. The second-order valence-corrected chi connectivity index (χ2v) is 5.84. The van der Waals surface area contributed by atoms with Gasteiger partial charge in [-0.2, -0.15) is 0 Å². The van der Waals surface area contributed by atoms with Gasteiger partial charge in [0, 0.05) is 11.7 Å². The molecule has 2 rings (SSSR count). The first-order chi connectivity index (χ1) is 10.0. The van der Waals surface area contributed by atoms with Gasteiger partial charge in [-0.3, -0.25) is 9.69 Å². The van der Waals surface area contributed by atoms with Crippen molar-refractivity contribution < 1.29 is 9.53 Å². The number of nitrogen functional groups attached to an aromatic ring is 1. The molecule has 1 aromatic rings. The van der Waals surface area contributed by atoms with E-state index in [9.17, 15) is 4.79 Å². The average molecular weight is 291 g/mol. The van der Waals surface area contributed by atoms with Crippen molar-refractivity contribution >= 4 is 17.3 Å². The molecule has 1 amide bonds. The fraction of sp³-hybridized carbons (Fsp3) is 0.562. The molecule has 1 aliphatic heterocycles. The number of hydrogen-bond acceptors (Lipinski definition) is 4. The van der Waals surface area contributed by atoms with E-state index in [-0.39, 0.29) is 5.91 Å². The maximum Gasteiger partial charge on any atom is 0.238 e. The smallest absolute Gasteiger partial charge is 0.238 e. The Morgan fingerprint density at radius 3 is 2.95 bits per heavy atom. The highest BCUT2D eigenvalue weighted by atomic mass is 16.5. The fourth-order valence-corrected chi connectivity index (χ4v) is 2.84. The van der Waals surface area contributed by atoms with Crippen molar-refractivity contribution in [2.24, 2.45) is 5.92 Å². The molecule has 5 nitrogen and oxygen atoms in total. The quantitative estimate of drug-likeness (QED) is 0.836. The van der Waals surface area contributed by atoms with Gasteiger partial charge in [-0.1, -0.05) is 6.92 Å². The number of methoxy groups -OCH3 is 1. The molecule has 21 heavy (non-hydrogen) atoms. The summed E-state index contributed by atoms with van der Waals surface area (Å²) >= 11 is 0. The van der Waals surface area contributed by atoms with Gasteiger partial charge in [0.1, 0.15) is 5.75 Å². The number of likely N-dealkylation sites (tertiary alicyclic amines) is 1. The summed E-state index contributed by atoms with van der Waals surface area (Å²) < 4.78 is 5.25. The molecule has 1 saturated heterocycles. The van der Waals surface area contributed by atoms with Gasteiger partial charge in [0.05, 0.1) is 19.3 Å². The molecule has 1 aromatic carbocycles. The van der Waals surface area contributed by atoms with E-state index in [1.54, 1.807) is 25.3 Å². The highest BCUT2D eigenvalue weighted by Gasteiger charge is 2.26. The average Bonchev–Trinajstić information content (AvgIpc) is 2.44. The van der Waals surface area contributed by atoms with Crippen LogP contribution in [0.4, 0.5) is 11.4 Å². The largest absolute Gasteiger partial charge is 0.495 e. The third kappa shape index (κ3) is 3.88. The number of ether oxygens (including phenoxy) is 1. The van der Waals surface area contributed by atoms with Gasteiger partial charge >= 0.3 is 0 Å². The minimum atomic E-state index is -0.0279. The number of piperidine rings is 1. The van der Waals surface area contributed by atoms with Gasteiger partial charge in [-0.25, -0.2) is 0 Å². The molecule has 1 heterocycles. The molecule has 116 valence electrons. The summed E-state index contributed by atoms with van der Waals surface area (Å²) in [6.45, 7) is 5.82. The first-order valence-corrected chi connectivity index (χ1v) is 7.48. The van der Waals surface area contributed by atoms with E-state index in [0.29, 0.717) is 35.6 Å². The predicted octanol–water partition coefficient (Wildman–Crippen LogP) is 2.34. The molecule has 1 aliphatic rings. The molecular formula is C16H25N3O2. The van der Waals surface area contributed by atoms with E-state index in [4.69, 9.17) is 10.5 Å². The molecule has 2 atom stereocenters. The molecular weight excluding hydrogens is 266 g/mol. The van der Waals surface area contributed by atoms with Crippen LogP contribution in [0.2, 0.25) is 0 Å². The molecule has 0 aliphatic carbocycles. The Bertz CT molecular complexity index is 504. The topological polar surface area (TPSA) is 67.6 Å². The zero-order valence-electron chi connectivity index (χ0n) is 13.1. The molecule has 1 fully saturated rings. The molecule has 0 saturated carbocycles. The summed E-state index contributed by atoms with van der Waals surface area (Å²) in [5, 5.41) is 2.90. The number of amides is 1. The van der Waals surface area contributed by atoms with E-state index < -0.39 is 0 Å². The van der Waals surface area contributed by atoms with Crippen LogP contribution in [0.15, 0.2) is 18.2 Å². The summed E-state index contributed by atoms with van der Waals surface area (Å²) in [7, 11) is 1.58. The Labute approximate surface area is 126 Å². The van der Waals surface area contributed by atoms with E-state index in [1.165, 1.54) is 6.42 Å². The van der Waals surface area contributed by atoms with Crippen LogP contribution in [-0.2, 0) is 4.79 Å². The van der Waals surface area contributed by atoms with E-state index >= 15 is 0 Å². The van der Waals surface area contributed by atoms with Crippen LogP contribution < -0.4 is 15.8 Å². The summed E-state index contributed by atoms with van der Waals surface area (Å²) in [5.41, 5.74) is 6.99. The van der Waals surface area contributed by atoms with Gasteiger partial charge < -0.3 is 15.8 Å². The highest BCUT2D eigenvalue weighted by molar-refractivity contribution is 5.94. The molecule has 3 N–H and O–H groups in total. The lowest BCUT2D eigenvalue weighted by Gasteiger charge is -2.37. The number of hydrogen-bond donors (Lipinski definition) is 2. The maximum atomic E-state index is 12.3. The van der Waals surface area contributed by atoms with Crippen molar-refractivity contribution in [2.45, 2.75) is 32.7 Å². The minimum Gasteiger partial charge on any atom is -0.495 e. The Balaban J connectivity index is 2.00. The van der Waals surface area contributed by atoms with Crippen LogP contribution in [0.1, 0.15) is 26.7 Å². The maximum absolute atomic E-state index is 12.3. The van der Waals surface area contributed by atoms with Crippen LogP contribution in [0.25, 0.3) is 0 Å². The summed E-state index contributed by atoms with van der Waals surface area (Å²) in [5.74, 6) is 1.23. The van der Waals surface area contributed by atoms with E-state index in [1.807, 2.05) is 0 Å². The van der Waals surface area contributed by atoms with Crippen molar-refractivity contribution in [3.05, 3.63) is 18.2 Å². The Kier molecular flexibility index (Phi) is 5.07. The lowest BCUT2D eigenvalue weighted by atomic mass is 9.92. The number of nitrogens with one attached hydrogen (secondary N) is 1. The van der Waals surface area contributed by atoms with Crippen LogP contribution in [0.3, 0.4) is 0 Å². The highest BCUT2D eigenvalue weighted by Crippen LogP contribution is 2.27. The van der Waals surface area contributed by atoms with Crippen molar-refractivity contribution in [3.8, 4) is 5.75 Å². The fourth-order valence-electron chi connectivity index (χ4n) is 2.84. The second kappa shape index (κ2) is 6.80. The van der Waals surface area contributed by atoms with Crippen molar-refractivity contribution in [3.63, 3.8) is 0 Å². The summed E-state index contributed by atoms with van der Waals surface area (Å²) in [4.78, 5) is 14.5. The number of nitrogens with two attached hydrogens (primary N) is 1. The summed E-state index contributed by atoms with van der Waals surface area (Å²) in [6.07, 6.45) is 2.39. The Morgan fingerprint density at radius 1 is 1.48 bits per heavy atom. The predicted molar refractivity (Wildman–Crippen MR) is 85.5 cm³/mol.